The number of hydrogen-bond donors (Lipinski definition) is 1. The average molecular weight is 325 g/mol. The van der Waals surface area contributed by atoms with Crippen LogP contribution in [0.15, 0.2) is 24.4 Å². The van der Waals surface area contributed by atoms with E-state index in [9.17, 15) is 9.18 Å². The van der Waals surface area contributed by atoms with Gasteiger partial charge < -0.3 is 5.32 Å². The van der Waals surface area contributed by atoms with E-state index in [1.165, 1.54) is 18.2 Å². The lowest BCUT2D eigenvalue weighted by molar-refractivity contribution is -0.117. The summed E-state index contributed by atoms with van der Waals surface area (Å²) in [5.74, 6) is -0.699. The van der Waals surface area contributed by atoms with Crippen molar-refractivity contribution < 1.29 is 9.18 Å². The second-order valence-electron chi connectivity index (χ2n) is 5.23. The molecule has 2 rings (SSSR count). The van der Waals surface area contributed by atoms with Gasteiger partial charge in [0.15, 0.2) is 0 Å². The number of rotatable bonds is 5. The maximum atomic E-state index is 13.1. The number of nitrogens with one attached hydrogen (secondary N) is 1. The van der Waals surface area contributed by atoms with Gasteiger partial charge in [-0.1, -0.05) is 11.6 Å². The third kappa shape index (κ3) is 4.05. The average Bonchev–Trinajstić information content (AvgIpc) is 2.74. The van der Waals surface area contributed by atoms with Crippen molar-refractivity contribution in [3.63, 3.8) is 0 Å². The molecule has 0 aliphatic rings. The van der Waals surface area contributed by atoms with Crippen LogP contribution in [0.5, 0.6) is 0 Å². The standard InChI is InChI=1S/C15H18ClFN4O/c1-10-11(7-18-21(10)3)8-20(2)9-15(22)19-12-4-5-14(17)13(16)6-12/h4-7H,8-9H2,1-3H3,(H,19,22). The fourth-order valence-corrected chi connectivity index (χ4v) is 2.25. The van der Waals surface area contributed by atoms with Gasteiger partial charge in [0.05, 0.1) is 17.8 Å². The van der Waals surface area contributed by atoms with Crippen LogP contribution in [0, 0.1) is 12.7 Å². The molecule has 7 heteroatoms. The summed E-state index contributed by atoms with van der Waals surface area (Å²) in [5.41, 5.74) is 2.61. The molecule has 2 aromatic rings. The second-order valence-corrected chi connectivity index (χ2v) is 5.64. The van der Waals surface area contributed by atoms with Gasteiger partial charge in [-0.05, 0) is 32.2 Å². The normalized spacial score (nSPS) is 11.0. The van der Waals surface area contributed by atoms with Crippen LogP contribution in [-0.2, 0) is 18.4 Å². The number of likely N-dealkylation sites (N-methyl/N-ethyl adjacent to an activating group) is 1. The molecule has 0 unspecified atom stereocenters. The van der Waals surface area contributed by atoms with Crippen molar-refractivity contribution in [3.8, 4) is 0 Å². The van der Waals surface area contributed by atoms with Crippen molar-refractivity contribution in [3.05, 3.63) is 46.5 Å². The Hall–Kier alpha value is -1.92. The molecule has 22 heavy (non-hydrogen) atoms. The maximum Gasteiger partial charge on any atom is 0.238 e. The number of carbonyl (C=O) groups excluding carboxylic acids is 1. The minimum atomic E-state index is -0.510. The minimum Gasteiger partial charge on any atom is -0.325 e. The number of benzene rings is 1. The monoisotopic (exact) mass is 324 g/mol. The summed E-state index contributed by atoms with van der Waals surface area (Å²) in [4.78, 5) is 13.9. The molecule has 1 heterocycles. The third-order valence-corrected chi connectivity index (χ3v) is 3.68. The Kier molecular flexibility index (Phi) is 5.15. The van der Waals surface area contributed by atoms with Crippen LogP contribution in [0.2, 0.25) is 5.02 Å². The van der Waals surface area contributed by atoms with Crippen molar-refractivity contribution in [2.24, 2.45) is 7.05 Å². The number of nitrogens with zero attached hydrogens (tertiary/aromatic N) is 3. The fourth-order valence-electron chi connectivity index (χ4n) is 2.07. The smallest absolute Gasteiger partial charge is 0.238 e. The Morgan fingerprint density at radius 1 is 1.50 bits per heavy atom. The molecule has 0 fully saturated rings. The number of halogens is 2. The first-order valence-corrected chi connectivity index (χ1v) is 7.15. The van der Waals surface area contributed by atoms with Crippen molar-refractivity contribution in [2.75, 3.05) is 18.9 Å². The molecule has 0 bridgehead atoms. The molecule has 0 spiro atoms. The SMILES string of the molecule is Cc1c(CN(C)CC(=O)Nc2ccc(F)c(Cl)c2)cnn1C. The van der Waals surface area contributed by atoms with E-state index in [1.54, 1.807) is 10.9 Å². The van der Waals surface area contributed by atoms with Gasteiger partial charge in [0.2, 0.25) is 5.91 Å². The quantitative estimate of drug-likeness (QED) is 0.919. The number of amides is 1. The van der Waals surface area contributed by atoms with Crippen LogP contribution in [-0.4, -0.2) is 34.2 Å². The summed E-state index contributed by atoms with van der Waals surface area (Å²) in [6, 6.07) is 4.09. The van der Waals surface area contributed by atoms with Gasteiger partial charge in [0.1, 0.15) is 5.82 Å². The number of carbonyl (C=O) groups is 1. The summed E-state index contributed by atoms with van der Waals surface area (Å²) < 4.78 is 14.9. The van der Waals surface area contributed by atoms with Crippen molar-refractivity contribution in [2.45, 2.75) is 13.5 Å². The van der Waals surface area contributed by atoms with E-state index in [4.69, 9.17) is 11.6 Å². The lowest BCUT2D eigenvalue weighted by atomic mass is 10.2. The Labute approximate surface area is 133 Å². The molecule has 0 aliphatic heterocycles. The highest BCUT2D eigenvalue weighted by Gasteiger charge is 2.11. The molecule has 0 saturated carbocycles. The van der Waals surface area contributed by atoms with E-state index in [-0.39, 0.29) is 17.5 Å². The van der Waals surface area contributed by atoms with Crippen LogP contribution in [0.4, 0.5) is 10.1 Å². The van der Waals surface area contributed by atoms with Crippen LogP contribution in [0.1, 0.15) is 11.3 Å². The summed E-state index contributed by atoms with van der Waals surface area (Å²) >= 11 is 5.68. The zero-order valence-corrected chi connectivity index (χ0v) is 13.5. The topological polar surface area (TPSA) is 50.2 Å². The molecule has 1 aromatic heterocycles. The van der Waals surface area contributed by atoms with Crippen molar-refractivity contribution >= 4 is 23.2 Å². The number of aromatic nitrogens is 2. The summed E-state index contributed by atoms with van der Waals surface area (Å²) in [6.07, 6.45) is 1.80. The second kappa shape index (κ2) is 6.89. The molecule has 0 aliphatic carbocycles. The Morgan fingerprint density at radius 3 is 2.82 bits per heavy atom. The van der Waals surface area contributed by atoms with Gasteiger partial charge >= 0.3 is 0 Å². The minimum absolute atomic E-state index is 0.0165. The maximum absolute atomic E-state index is 13.1. The van der Waals surface area contributed by atoms with Gasteiger partial charge in [-0.2, -0.15) is 5.10 Å². The molecule has 0 radical (unpaired) electrons. The molecule has 1 amide bonds. The van der Waals surface area contributed by atoms with E-state index in [0.29, 0.717) is 12.2 Å². The molecular weight excluding hydrogens is 307 g/mol. The molecule has 1 N–H and O–H groups in total. The molecule has 118 valence electrons. The number of hydrogen-bond acceptors (Lipinski definition) is 3. The predicted molar refractivity (Wildman–Crippen MR) is 84.3 cm³/mol. The van der Waals surface area contributed by atoms with Gasteiger partial charge in [0.25, 0.3) is 0 Å². The Balaban J connectivity index is 1.91. The lowest BCUT2D eigenvalue weighted by Gasteiger charge is -2.16. The lowest BCUT2D eigenvalue weighted by Crippen LogP contribution is -2.30. The van der Waals surface area contributed by atoms with Crippen molar-refractivity contribution in [1.29, 1.82) is 0 Å². The summed E-state index contributed by atoms with van der Waals surface area (Å²) in [5, 5.41) is 6.85. The predicted octanol–water partition coefficient (Wildman–Crippen LogP) is 2.59. The first-order valence-electron chi connectivity index (χ1n) is 6.77. The fraction of sp³-hybridized carbons (Fsp3) is 0.333. The molecular formula is C15H18ClFN4O. The van der Waals surface area contributed by atoms with Gasteiger partial charge in [-0.25, -0.2) is 4.39 Å². The van der Waals surface area contributed by atoms with E-state index in [0.717, 1.165) is 11.3 Å². The van der Waals surface area contributed by atoms with Crippen LogP contribution < -0.4 is 5.32 Å². The van der Waals surface area contributed by atoms with Crippen LogP contribution >= 0.6 is 11.6 Å². The largest absolute Gasteiger partial charge is 0.325 e. The molecule has 1 aromatic carbocycles. The van der Waals surface area contributed by atoms with Gasteiger partial charge in [-0.15, -0.1) is 0 Å². The Bertz CT molecular complexity index is 686. The Morgan fingerprint density at radius 2 is 2.23 bits per heavy atom. The van der Waals surface area contributed by atoms with E-state index in [2.05, 4.69) is 10.4 Å². The van der Waals surface area contributed by atoms with Gasteiger partial charge in [0, 0.05) is 30.5 Å². The first-order chi connectivity index (χ1) is 10.4. The van der Waals surface area contributed by atoms with Crippen LogP contribution in [0.3, 0.4) is 0 Å². The highest BCUT2D eigenvalue weighted by atomic mass is 35.5. The van der Waals surface area contributed by atoms with Gasteiger partial charge in [-0.3, -0.25) is 14.4 Å². The van der Waals surface area contributed by atoms with E-state index >= 15 is 0 Å². The molecule has 0 saturated heterocycles. The van der Waals surface area contributed by atoms with E-state index < -0.39 is 5.82 Å². The highest BCUT2D eigenvalue weighted by molar-refractivity contribution is 6.31. The number of aryl methyl sites for hydroxylation is 1. The molecule has 5 nitrogen and oxygen atoms in total. The zero-order valence-electron chi connectivity index (χ0n) is 12.7. The molecule has 0 atom stereocenters. The summed E-state index contributed by atoms with van der Waals surface area (Å²) in [7, 11) is 3.73. The highest BCUT2D eigenvalue weighted by Crippen LogP contribution is 2.19. The van der Waals surface area contributed by atoms with E-state index in [1.807, 2.05) is 25.9 Å². The number of anilines is 1. The first kappa shape index (κ1) is 16.5. The zero-order chi connectivity index (χ0) is 16.3. The van der Waals surface area contributed by atoms with Crippen molar-refractivity contribution in [1.82, 2.24) is 14.7 Å². The summed E-state index contributed by atoms with van der Waals surface area (Å²) in [6.45, 7) is 2.82. The van der Waals surface area contributed by atoms with Crippen LogP contribution in [0.25, 0.3) is 0 Å². The third-order valence-electron chi connectivity index (χ3n) is 3.39.